The molecule has 0 aromatic carbocycles. The van der Waals surface area contributed by atoms with E-state index in [1.54, 1.807) is 7.05 Å². The highest BCUT2D eigenvalue weighted by Gasteiger charge is 2.35. The molecule has 1 aromatic heterocycles. The molecule has 1 atom stereocenters. The van der Waals surface area contributed by atoms with E-state index in [1.165, 1.54) is 4.90 Å². The molecule has 0 spiro atoms. The standard InChI is InChI=1S/C14H19F3N2O2/c1-8(13(2,3)4)19(5)11-9(12(20)21)6-7-10(18-11)14(15,16)17/h6-8H,1-5H3,(H,20,21). The van der Waals surface area contributed by atoms with Crippen LogP contribution in [-0.2, 0) is 6.18 Å². The number of aromatic carboxylic acids is 1. The van der Waals surface area contributed by atoms with Crippen molar-refractivity contribution in [1.29, 1.82) is 0 Å². The first kappa shape index (κ1) is 17.3. The highest BCUT2D eigenvalue weighted by atomic mass is 19.4. The van der Waals surface area contributed by atoms with Crippen molar-refractivity contribution in [2.45, 2.75) is 39.9 Å². The first-order valence-corrected chi connectivity index (χ1v) is 6.40. The van der Waals surface area contributed by atoms with Gasteiger partial charge in [0.15, 0.2) is 0 Å². The van der Waals surface area contributed by atoms with Crippen LogP contribution in [0.25, 0.3) is 0 Å². The Kier molecular flexibility index (Phi) is 4.55. The lowest BCUT2D eigenvalue weighted by atomic mass is 9.87. The molecule has 1 unspecified atom stereocenters. The largest absolute Gasteiger partial charge is 0.478 e. The minimum Gasteiger partial charge on any atom is -0.478 e. The van der Waals surface area contributed by atoms with Crippen LogP contribution in [0.3, 0.4) is 0 Å². The smallest absolute Gasteiger partial charge is 0.433 e. The summed E-state index contributed by atoms with van der Waals surface area (Å²) in [4.78, 5) is 16.2. The third-order valence-corrected chi connectivity index (χ3v) is 3.56. The number of aromatic nitrogens is 1. The maximum absolute atomic E-state index is 12.8. The van der Waals surface area contributed by atoms with E-state index in [-0.39, 0.29) is 22.8 Å². The molecule has 0 amide bonds. The number of anilines is 1. The van der Waals surface area contributed by atoms with Crippen molar-refractivity contribution in [2.24, 2.45) is 5.41 Å². The van der Waals surface area contributed by atoms with Crippen LogP contribution in [0.15, 0.2) is 12.1 Å². The summed E-state index contributed by atoms with van der Waals surface area (Å²) in [5.74, 6) is -1.49. The average molecular weight is 304 g/mol. The Morgan fingerprint density at radius 2 is 1.81 bits per heavy atom. The predicted molar refractivity (Wildman–Crippen MR) is 73.5 cm³/mol. The van der Waals surface area contributed by atoms with Gasteiger partial charge in [-0.05, 0) is 24.5 Å². The fraction of sp³-hybridized carbons (Fsp3) is 0.571. The van der Waals surface area contributed by atoms with E-state index in [1.807, 2.05) is 27.7 Å². The molecule has 1 rings (SSSR count). The third kappa shape index (κ3) is 3.86. The number of carbonyl (C=O) groups is 1. The lowest BCUT2D eigenvalue weighted by Crippen LogP contribution is -2.40. The van der Waals surface area contributed by atoms with Crippen molar-refractivity contribution in [3.05, 3.63) is 23.4 Å². The topological polar surface area (TPSA) is 53.4 Å². The Labute approximate surface area is 121 Å². The van der Waals surface area contributed by atoms with Crippen molar-refractivity contribution >= 4 is 11.8 Å². The molecule has 0 radical (unpaired) electrons. The molecule has 1 heterocycles. The second kappa shape index (κ2) is 5.54. The molecular weight excluding hydrogens is 285 g/mol. The van der Waals surface area contributed by atoms with E-state index in [4.69, 9.17) is 5.11 Å². The Morgan fingerprint density at radius 3 is 2.19 bits per heavy atom. The third-order valence-electron chi connectivity index (χ3n) is 3.56. The lowest BCUT2D eigenvalue weighted by Gasteiger charge is -2.36. The molecule has 0 aliphatic carbocycles. The van der Waals surface area contributed by atoms with Crippen molar-refractivity contribution < 1.29 is 23.1 Å². The minimum absolute atomic E-state index is 0.181. The summed E-state index contributed by atoms with van der Waals surface area (Å²) in [5, 5.41) is 9.14. The predicted octanol–water partition coefficient (Wildman–Crippen LogP) is 3.67. The zero-order valence-corrected chi connectivity index (χ0v) is 12.6. The van der Waals surface area contributed by atoms with Gasteiger partial charge in [0.05, 0.1) is 0 Å². The number of carboxylic acid groups (broad SMARTS) is 1. The quantitative estimate of drug-likeness (QED) is 0.925. The van der Waals surface area contributed by atoms with Crippen molar-refractivity contribution in [3.63, 3.8) is 0 Å². The highest BCUT2D eigenvalue weighted by molar-refractivity contribution is 5.93. The summed E-state index contributed by atoms with van der Waals surface area (Å²) in [6.45, 7) is 7.57. The van der Waals surface area contributed by atoms with Gasteiger partial charge < -0.3 is 10.0 Å². The number of halogens is 3. The van der Waals surface area contributed by atoms with E-state index in [2.05, 4.69) is 4.98 Å². The maximum Gasteiger partial charge on any atom is 0.433 e. The number of nitrogens with zero attached hydrogens (tertiary/aromatic N) is 2. The molecule has 0 saturated carbocycles. The van der Waals surface area contributed by atoms with Gasteiger partial charge in [0.25, 0.3) is 0 Å². The van der Waals surface area contributed by atoms with Gasteiger partial charge in [-0.25, -0.2) is 9.78 Å². The fourth-order valence-corrected chi connectivity index (χ4v) is 1.81. The number of pyridine rings is 1. The molecule has 1 N–H and O–H groups in total. The molecule has 0 saturated heterocycles. The van der Waals surface area contributed by atoms with Crippen LogP contribution < -0.4 is 4.90 Å². The van der Waals surface area contributed by atoms with E-state index in [9.17, 15) is 18.0 Å². The first-order valence-electron chi connectivity index (χ1n) is 6.40. The second-order valence-corrected chi connectivity index (χ2v) is 6.02. The van der Waals surface area contributed by atoms with Crippen molar-refractivity contribution in [3.8, 4) is 0 Å². The SMILES string of the molecule is CC(N(C)c1nc(C(F)(F)F)ccc1C(=O)O)C(C)(C)C. The van der Waals surface area contributed by atoms with Crippen LogP contribution in [-0.4, -0.2) is 29.1 Å². The van der Waals surface area contributed by atoms with Crippen LogP contribution >= 0.6 is 0 Å². The van der Waals surface area contributed by atoms with E-state index >= 15 is 0 Å². The Morgan fingerprint density at radius 1 is 1.29 bits per heavy atom. The summed E-state index contributed by atoms with van der Waals surface area (Å²) < 4.78 is 38.3. The van der Waals surface area contributed by atoms with Crippen molar-refractivity contribution in [2.75, 3.05) is 11.9 Å². The van der Waals surface area contributed by atoms with E-state index in [0.717, 1.165) is 6.07 Å². The molecular formula is C14H19F3N2O2. The van der Waals surface area contributed by atoms with Crippen LogP contribution in [0, 0.1) is 5.41 Å². The molecule has 1 aromatic rings. The number of hydrogen-bond donors (Lipinski definition) is 1. The van der Waals surface area contributed by atoms with Gasteiger partial charge in [-0.2, -0.15) is 13.2 Å². The zero-order valence-electron chi connectivity index (χ0n) is 12.6. The highest BCUT2D eigenvalue weighted by Crippen LogP contribution is 2.33. The van der Waals surface area contributed by atoms with Crippen LogP contribution in [0.2, 0.25) is 0 Å². The van der Waals surface area contributed by atoms with Gasteiger partial charge in [0.1, 0.15) is 17.1 Å². The van der Waals surface area contributed by atoms with Gasteiger partial charge in [-0.3, -0.25) is 0 Å². The lowest BCUT2D eigenvalue weighted by molar-refractivity contribution is -0.141. The molecule has 0 aliphatic rings. The normalized spacial score (nSPS) is 13.9. The van der Waals surface area contributed by atoms with Crippen molar-refractivity contribution in [1.82, 2.24) is 4.98 Å². The molecule has 4 nitrogen and oxygen atoms in total. The summed E-state index contributed by atoms with van der Waals surface area (Å²) in [6.07, 6.45) is -4.61. The average Bonchev–Trinajstić information content (AvgIpc) is 2.33. The zero-order chi connectivity index (χ0) is 16.6. The number of hydrogen-bond acceptors (Lipinski definition) is 3. The molecule has 0 aliphatic heterocycles. The summed E-state index contributed by atoms with van der Waals surface area (Å²) in [6, 6.07) is 1.42. The molecule has 21 heavy (non-hydrogen) atoms. The maximum atomic E-state index is 12.8. The van der Waals surface area contributed by atoms with E-state index < -0.39 is 17.8 Å². The molecule has 118 valence electrons. The molecule has 7 heteroatoms. The summed E-state index contributed by atoms with van der Waals surface area (Å²) >= 11 is 0. The van der Waals surface area contributed by atoms with Gasteiger partial charge in [-0.1, -0.05) is 20.8 Å². The summed E-state index contributed by atoms with van der Waals surface area (Å²) in [7, 11) is 1.55. The Hall–Kier alpha value is -1.79. The molecule has 0 bridgehead atoms. The number of rotatable bonds is 3. The second-order valence-electron chi connectivity index (χ2n) is 6.02. The monoisotopic (exact) mass is 304 g/mol. The van der Waals surface area contributed by atoms with Gasteiger partial charge in [-0.15, -0.1) is 0 Å². The summed E-state index contributed by atoms with van der Waals surface area (Å²) in [5.41, 5.74) is -1.60. The Bertz CT molecular complexity index is 536. The Balaban J connectivity index is 3.40. The van der Waals surface area contributed by atoms with Crippen LogP contribution in [0.1, 0.15) is 43.7 Å². The number of alkyl halides is 3. The van der Waals surface area contributed by atoms with Gasteiger partial charge >= 0.3 is 12.1 Å². The minimum atomic E-state index is -4.61. The van der Waals surface area contributed by atoms with Gasteiger partial charge in [0.2, 0.25) is 0 Å². The van der Waals surface area contributed by atoms with Gasteiger partial charge in [0, 0.05) is 13.1 Å². The van der Waals surface area contributed by atoms with Crippen LogP contribution in [0.4, 0.5) is 19.0 Å². The first-order chi connectivity index (χ1) is 9.35. The van der Waals surface area contributed by atoms with Crippen LogP contribution in [0.5, 0.6) is 0 Å². The number of carboxylic acids is 1. The molecule has 0 fully saturated rings. The van der Waals surface area contributed by atoms with E-state index in [0.29, 0.717) is 6.07 Å². The fourth-order valence-electron chi connectivity index (χ4n) is 1.81.